The summed E-state index contributed by atoms with van der Waals surface area (Å²) in [4.78, 5) is 11.6. The van der Waals surface area contributed by atoms with Gasteiger partial charge >= 0.3 is 0 Å². The second kappa shape index (κ2) is 3.54. The van der Waals surface area contributed by atoms with Crippen LogP contribution in [0.1, 0.15) is 12.0 Å². The largest absolute Gasteiger partial charge is 0.272 e. The molecule has 15 heavy (non-hydrogen) atoms. The van der Waals surface area contributed by atoms with Crippen LogP contribution in [0.2, 0.25) is 0 Å². The molecule has 4 nitrogen and oxygen atoms in total. The number of hydrogen-bond donors (Lipinski definition) is 0. The van der Waals surface area contributed by atoms with Crippen molar-refractivity contribution in [3.63, 3.8) is 0 Å². The number of nitriles is 1. The maximum atomic E-state index is 11.6. The Morgan fingerprint density at radius 2 is 2.20 bits per heavy atom. The molecule has 74 valence electrons. The maximum Gasteiger partial charge on any atom is 0.254 e. The van der Waals surface area contributed by atoms with Gasteiger partial charge in [0.15, 0.2) is 0 Å². The highest BCUT2D eigenvalue weighted by atomic mass is 16.2. The van der Waals surface area contributed by atoms with E-state index < -0.39 is 0 Å². The number of hydrogen-bond acceptors (Lipinski definition) is 3. The number of hydrazone groups is 1. The van der Waals surface area contributed by atoms with E-state index in [1.807, 2.05) is 37.3 Å². The lowest BCUT2D eigenvalue weighted by Gasteiger charge is -2.13. The summed E-state index contributed by atoms with van der Waals surface area (Å²) in [6.45, 7) is 1.91. The van der Waals surface area contributed by atoms with E-state index >= 15 is 0 Å². The predicted octanol–water partition coefficient (Wildman–Crippen LogP) is 1.61. The van der Waals surface area contributed by atoms with E-state index in [-0.39, 0.29) is 18.0 Å². The molecule has 0 fully saturated rings. The van der Waals surface area contributed by atoms with E-state index in [1.165, 1.54) is 5.01 Å². The SMILES string of the molecule is Cc1ccccc1N1N=C(C#N)CC1=O. The lowest BCUT2D eigenvalue weighted by molar-refractivity contribution is -0.116. The highest BCUT2D eigenvalue weighted by Gasteiger charge is 2.25. The fourth-order valence-electron chi connectivity index (χ4n) is 1.48. The summed E-state index contributed by atoms with van der Waals surface area (Å²) in [7, 11) is 0. The number of para-hydroxylation sites is 1. The molecular formula is C11H9N3O. The Morgan fingerprint density at radius 1 is 1.47 bits per heavy atom. The molecule has 1 aliphatic rings. The van der Waals surface area contributed by atoms with Crippen LogP contribution in [0.15, 0.2) is 29.4 Å². The highest BCUT2D eigenvalue weighted by Crippen LogP contribution is 2.23. The van der Waals surface area contributed by atoms with Gasteiger partial charge in [0.25, 0.3) is 5.91 Å². The van der Waals surface area contributed by atoms with Crippen LogP contribution in [0.25, 0.3) is 0 Å². The molecule has 1 aromatic rings. The van der Waals surface area contributed by atoms with Crippen LogP contribution < -0.4 is 5.01 Å². The molecule has 0 saturated carbocycles. The molecule has 0 bridgehead atoms. The van der Waals surface area contributed by atoms with Gasteiger partial charge in [-0.2, -0.15) is 15.4 Å². The number of anilines is 1. The topological polar surface area (TPSA) is 56.5 Å². The van der Waals surface area contributed by atoms with Crippen molar-refractivity contribution in [2.24, 2.45) is 5.10 Å². The van der Waals surface area contributed by atoms with E-state index in [9.17, 15) is 4.79 Å². The van der Waals surface area contributed by atoms with Crippen LogP contribution >= 0.6 is 0 Å². The first-order chi connectivity index (χ1) is 7.22. The van der Waals surface area contributed by atoms with E-state index in [4.69, 9.17) is 5.26 Å². The minimum atomic E-state index is -0.152. The average molecular weight is 199 g/mol. The third-order valence-electron chi connectivity index (χ3n) is 2.25. The molecule has 0 N–H and O–H groups in total. The monoisotopic (exact) mass is 199 g/mol. The summed E-state index contributed by atoms with van der Waals surface area (Å²) in [5, 5.41) is 13.9. The Balaban J connectivity index is 2.42. The molecule has 1 amide bonds. The summed E-state index contributed by atoms with van der Waals surface area (Å²) in [6, 6.07) is 9.36. The quantitative estimate of drug-likeness (QED) is 0.689. The summed E-state index contributed by atoms with van der Waals surface area (Å²) in [5.41, 5.74) is 1.98. The first kappa shape index (κ1) is 9.41. The van der Waals surface area contributed by atoms with Crippen LogP contribution in [0.4, 0.5) is 5.69 Å². The highest BCUT2D eigenvalue weighted by molar-refractivity contribution is 6.18. The van der Waals surface area contributed by atoms with Crippen LogP contribution in [0.3, 0.4) is 0 Å². The summed E-state index contributed by atoms with van der Waals surface area (Å²) >= 11 is 0. The van der Waals surface area contributed by atoms with E-state index in [1.54, 1.807) is 0 Å². The maximum absolute atomic E-state index is 11.6. The number of carbonyl (C=O) groups excluding carboxylic acids is 1. The number of amides is 1. The number of aryl methyl sites for hydroxylation is 1. The van der Waals surface area contributed by atoms with Gasteiger partial charge in [-0.25, -0.2) is 0 Å². The van der Waals surface area contributed by atoms with Gasteiger partial charge in [0.1, 0.15) is 11.8 Å². The summed E-state index contributed by atoms with van der Waals surface area (Å²) in [5.74, 6) is -0.152. The van der Waals surface area contributed by atoms with Gasteiger partial charge < -0.3 is 0 Å². The molecule has 0 aromatic heterocycles. The van der Waals surface area contributed by atoms with Crippen molar-refractivity contribution < 1.29 is 4.79 Å². The van der Waals surface area contributed by atoms with Crippen LogP contribution in [0, 0.1) is 18.3 Å². The lowest BCUT2D eigenvalue weighted by Crippen LogP contribution is -2.20. The number of nitrogens with zero attached hydrogens (tertiary/aromatic N) is 3. The Morgan fingerprint density at radius 3 is 2.80 bits per heavy atom. The number of rotatable bonds is 1. The second-order valence-electron chi connectivity index (χ2n) is 3.33. The van der Waals surface area contributed by atoms with Gasteiger partial charge in [-0.1, -0.05) is 18.2 Å². The van der Waals surface area contributed by atoms with Crippen molar-refractivity contribution in [1.29, 1.82) is 5.26 Å². The van der Waals surface area contributed by atoms with Crippen LogP contribution in [-0.2, 0) is 4.79 Å². The van der Waals surface area contributed by atoms with Gasteiger partial charge in [-0.3, -0.25) is 4.79 Å². The Labute approximate surface area is 87.4 Å². The molecule has 0 unspecified atom stereocenters. The van der Waals surface area contributed by atoms with Gasteiger partial charge in [-0.15, -0.1) is 0 Å². The Bertz CT molecular complexity index is 485. The zero-order valence-corrected chi connectivity index (χ0v) is 8.27. The summed E-state index contributed by atoms with van der Waals surface area (Å²) < 4.78 is 0. The minimum Gasteiger partial charge on any atom is -0.272 e. The van der Waals surface area contributed by atoms with Crippen molar-refractivity contribution in [3.8, 4) is 6.07 Å². The van der Waals surface area contributed by atoms with Crippen molar-refractivity contribution in [3.05, 3.63) is 29.8 Å². The molecule has 2 rings (SSSR count). The zero-order valence-electron chi connectivity index (χ0n) is 8.27. The fourth-order valence-corrected chi connectivity index (χ4v) is 1.48. The molecule has 1 aliphatic heterocycles. The van der Waals surface area contributed by atoms with E-state index in [2.05, 4.69) is 5.10 Å². The smallest absolute Gasteiger partial charge is 0.254 e. The third kappa shape index (κ3) is 1.59. The van der Waals surface area contributed by atoms with Crippen molar-refractivity contribution >= 4 is 17.3 Å². The number of benzene rings is 1. The first-order valence-electron chi connectivity index (χ1n) is 4.58. The van der Waals surface area contributed by atoms with Crippen LogP contribution in [0.5, 0.6) is 0 Å². The zero-order chi connectivity index (χ0) is 10.8. The van der Waals surface area contributed by atoms with E-state index in [0.717, 1.165) is 11.3 Å². The van der Waals surface area contributed by atoms with Crippen molar-refractivity contribution in [2.45, 2.75) is 13.3 Å². The van der Waals surface area contributed by atoms with Gasteiger partial charge in [0, 0.05) is 0 Å². The van der Waals surface area contributed by atoms with Crippen LogP contribution in [-0.4, -0.2) is 11.6 Å². The Hall–Kier alpha value is -2.15. The van der Waals surface area contributed by atoms with Gasteiger partial charge in [0.2, 0.25) is 0 Å². The molecule has 0 radical (unpaired) electrons. The molecule has 4 heteroatoms. The third-order valence-corrected chi connectivity index (χ3v) is 2.25. The predicted molar refractivity (Wildman–Crippen MR) is 56.3 cm³/mol. The second-order valence-corrected chi connectivity index (χ2v) is 3.33. The molecule has 0 atom stereocenters. The van der Waals surface area contributed by atoms with Crippen molar-refractivity contribution in [1.82, 2.24) is 0 Å². The first-order valence-corrected chi connectivity index (χ1v) is 4.58. The van der Waals surface area contributed by atoms with Crippen molar-refractivity contribution in [2.75, 3.05) is 5.01 Å². The minimum absolute atomic E-state index is 0.102. The molecule has 0 saturated heterocycles. The molecular weight excluding hydrogens is 190 g/mol. The molecule has 0 aliphatic carbocycles. The normalized spacial score (nSPS) is 15.1. The molecule has 1 heterocycles. The average Bonchev–Trinajstić information content (AvgIpc) is 2.60. The van der Waals surface area contributed by atoms with Gasteiger partial charge in [0.05, 0.1) is 12.1 Å². The number of carbonyl (C=O) groups is 1. The standard InChI is InChI=1S/C11H9N3O/c1-8-4-2-3-5-10(8)14-11(15)6-9(7-12)13-14/h2-5H,6H2,1H3. The lowest BCUT2D eigenvalue weighted by atomic mass is 10.2. The fraction of sp³-hybridized carbons (Fsp3) is 0.182. The molecule has 0 spiro atoms. The summed E-state index contributed by atoms with van der Waals surface area (Å²) in [6.07, 6.45) is 0.102. The van der Waals surface area contributed by atoms with Gasteiger partial charge in [-0.05, 0) is 18.6 Å². The Kier molecular flexibility index (Phi) is 2.22. The van der Waals surface area contributed by atoms with E-state index in [0.29, 0.717) is 0 Å². The molecule has 1 aromatic carbocycles.